The maximum atomic E-state index is 5.99. The lowest BCUT2D eigenvalue weighted by molar-refractivity contribution is 0.482. The first-order valence-corrected chi connectivity index (χ1v) is 6.37. The van der Waals surface area contributed by atoms with Crippen molar-refractivity contribution < 1.29 is 0 Å². The van der Waals surface area contributed by atoms with Crippen LogP contribution >= 0.6 is 11.6 Å². The second kappa shape index (κ2) is 4.96. The van der Waals surface area contributed by atoms with Crippen LogP contribution < -0.4 is 11.1 Å². The van der Waals surface area contributed by atoms with Crippen molar-refractivity contribution >= 4 is 23.0 Å². The summed E-state index contributed by atoms with van der Waals surface area (Å²) in [5.74, 6) is 0.776. The lowest BCUT2D eigenvalue weighted by Crippen LogP contribution is -2.24. The summed E-state index contributed by atoms with van der Waals surface area (Å²) in [5, 5.41) is 4.11. The van der Waals surface area contributed by atoms with E-state index in [4.69, 9.17) is 17.3 Å². The number of nitrogens with two attached hydrogens (primary N) is 1. The average molecular weight is 239 g/mol. The number of benzene rings is 1. The fourth-order valence-electron chi connectivity index (χ4n) is 2.48. The monoisotopic (exact) mass is 238 g/mol. The van der Waals surface area contributed by atoms with Crippen LogP contribution in [-0.2, 0) is 0 Å². The van der Waals surface area contributed by atoms with Gasteiger partial charge in [-0.1, -0.05) is 30.5 Å². The molecule has 0 spiro atoms. The quantitative estimate of drug-likeness (QED) is 0.784. The van der Waals surface area contributed by atoms with Crippen LogP contribution in [0.4, 0.5) is 11.4 Å². The molecule has 88 valence electrons. The smallest absolute Gasteiger partial charge is 0.0739 e. The molecule has 3 heteroatoms. The predicted octanol–water partition coefficient (Wildman–Crippen LogP) is 3.91. The van der Waals surface area contributed by atoms with E-state index in [0.29, 0.717) is 16.8 Å². The van der Waals surface area contributed by atoms with E-state index in [1.807, 2.05) is 18.2 Å². The topological polar surface area (TPSA) is 38.0 Å². The molecule has 0 radical (unpaired) electrons. The fraction of sp³-hybridized carbons (Fsp3) is 0.538. The summed E-state index contributed by atoms with van der Waals surface area (Å²) < 4.78 is 0. The van der Waals surface area contributed by atoms with Gasteiger partial charge in [-0.15, -0.1) is 0 Å². The fourth-order valence-corrected chi connectivity index (χ4v) is 2.66. The summed E-state index contributed by atoms with van der Waals surface area (Å²) in [6, 6.07) is 6.22. The molecule has 16 heavy (non-hydrogen) atoms. The highest BCUT2D eigenvalue weighted by atomic mass is 35.5. The van der Waals surface area contributed by atoms with E-state index in [1.165, 1.54) is 25.7 Å². The molecule has 1 aliphatic carbocycles. The lowest BCUT2D eigenvalue weighted by atomic mass is 9.99. The van der Waals surface area contributed by atoms with Crippen LogP contribution in [0, 0.1) is 5.92 Å². The van der Waals surface area contributed by atoms with Crippen molar-refractivity contribution in [1.29, 1.82) is 0 Å². The second-order valence-corrected chi connectivity index (χ2v) is 5.09. The molecule has 1 aromatic carbocycles. The van der Waals surface area contributed by atoms with Crippen LogP contribution in [0.1, 0.15) is 32.6 Å². The molecule has 3 N–H and O–H groups in total. The third kappa shape index (κ3) is 2.43. The summed E-state index contributed by atoms with van der Waals surface area (Å²) in [7, 11) is 0. The second-order valence-electron chi connectivity index (χ2n) is 4.68. The van der Waals surface area contributed by atoms with Gasteiger partial charge in [0.1, 0.15) is 0 Å². The molecular weight excluding hydrogens is 220 g/mol. The first kappa shape index (κ1) is 11.6. The van der Waals surface area contributed by atoms with Crippen LogP contribution in [0.2, 0.25) is 5.02 Å². The highest BCUT2D eigenvalue weighted by Crippen LogP contribution is 2.32. The molecule has 1 atom stereocenters. The zero-order valence-electron chi connectivity index (χ0n) is 9.67. The molecule has 0 heterocycles. The Bertz CT molecular complexity index is 359. The minimum atomic E-state index is 0.475. The van der Waals surface area contributed by atoms with Crippen molar-refractivity contribution in [2.24, 2.45) is 5.92 Å². The van der Waals surface area contributed by atoms with Gasteiger partial charge < -0.3 is 11.1 Å². The van der Waals surface area contributed by atoms with Crippen LogP contribution in [0.5, 0.6) is 0 Å². The first-order chi connectivity index (χ1) is 7.68. The maximum Gasteiger partial charge on any atom is 0.0739 e. The number of hydrogen-bond donors (Lipinski definition) is 2. The standard InChI is InChI=1S/C13H19ClN2/c1-9(10-5-2-3-6-10)16-12-8-4-7-11(14)13(12)15/h4,7-10,16H,2-3,5-6,15H2,1H3. The predicted molar refractivity (Wildman–Crippen MR) is 70.9 cm³/mol. The van der Waals surface area contributed by atoms with Crippen LogP contribution in [0.15, 0.2) is 18.2 Å². The molecule has 1 aliphatic rings. The molecule has 0 saturated heterocycles. The lowest BCUT2D eigenvalue weighted by Gasteiger charge is -2.22. The van der Waals surface area contributed by atoms with Gasteiger partial charge in [-0.25, -0.2) is 0 Å². The van der Waals surface area contributed by atoms with Gasteiger partial charge in [-0.2, -0.15) is 0 Å². The van der Waals surface area contributed by atoms with Crippen molar-refractivity contribution in [2.75, 3.05) is 11.1 Å². The summed E-state index contributed by atoms with van der Waals surface area (Å²) >= 11 is 5.99. The van der Waals surface area contributed by atoms with Gasteiger partial charge in [0.05, 0.1) is 16.4 Å². The Balaban J connectivity index is 2.05. The summed E-state index contributed by atoms with van der Waals surface area (Å²) in [6.45, 7) is 2.23. The Hall–Kier alpha value is -0.890. The Labute approximate surface area is 102 Å². The summed E-state index contributed by atoms with van der Waals surface area (Å²) in [5.41, 5.74) is 7.56. The third-order valence-electron chi connectivity index (χ3n) is 3.54. The minimum absolute atomic E-state index is 0.475. The Morgan fingerprint density at radius 3 is 2.75 bits per heavy atom. The first-order valence-electron chi connectivity index (χ1n) is 5.99. The van der Waals surface area contributed by atoms with E-state index in [2.05, 4.69) is 12.2 Å². The van der Waals surface area contributed by atoms with Crippen LogP contribution in [0.25, 0.3) is 0 Å². The van der Waals surface area contributed by atoms with Gasteiger partial charge >= 0.3 is 0 Å². The molecule has 1 unspecified atom stereocenters. The van der Waals surface area contributed by atoms with E-state index < -0.39 is 0 Å². The van der Waals surface area contributed by atoms with Gasteiger partial charge in [0, 0.05) is 6.04 Å². The van der Waals surface area contributed by atoms with Gasteiger partial charge in [0.25, 0.3) is 0 Å². The van der Waals surface area contributed by atoms with E-state index in [0.717, 1.165) is 11.6 Å². The molecule has 0 aromatic heterocycles. The average Bonchev–Trinajstić information content (AvgIpc) is 2.78. The molecule has 1 saturated carbocycles. The van der Waals surface area contributed by atoms with Gasteiger partial charge in [-0.3, -0.25) is 0 Å². The molecular formula is C13H19ClN2. The van der Waals surface area contributed by atoms with Crippen molar-refractivity contribution in [2.45, 2.75) is 38.6 Å². The molecule has 1 fully saturated rings. The van der Waals surface area contributed by atoms with E-state index >= 15 is 0 Å². The highest BCUT2D eigenvalue weighted by molar-refractivity contribution is 6.33. The molecule has 2 rings (SSSR count). The maximum absolute atomic E-state index is 5.99. The Kier molecular flexibility index (Phi) is 3.59. The van der Waals surface area contributed by atoms with E-state index in [1.54, 1.807) is 0 Å². The third-order valence-corrected chi connectivity index (χ3v) is 3.87. The molecule has 1 aromatic rings. The molecule has 2 nitrogen and oxygen atoms in total. The van der Waals surface area contributed by atoms with Crippen LogP contribution in [0.3, 0.4) is 0 Å². The van der Waals surface area contributed by atoms with Crippen molar-refractivity contribution in [3.63, 3.8) is 0 Å². The van der Waals surface area contributed by atoms with Gasteiger partial charge in [-0.05, 0) is 37.8 Å². The number of anilines is 2. The number of nitrogens with one attached hydrogen (secondary N) is 1. The van der Waals surface area contributed by atoms with E-state index in [-0.39, 0.29) is 0 Å². The SMILES string of the molecule is CC(Nc1cccc(Cl)c1N)C1CCCC1. The number of halogens is 1. The van der Waals surface area contributed by atoms with Crippen molar-refractivity contribution in [1.82, 2.24) is 0 Å². The molecule has 0 bridgehead atoms. The van der Waals surface area contributed by atoms with Crippen molar-refractivity contribution in [3.05, 3.63) is 23.2 Å². The summed E-state index contributed by atoms with van der Waals surface area (Å²) in [4.78, 5) is 0. The largest absolute Gasteiger partial charge is 0.396 e. The van der Waals surface area contributed by atoms with E-state index in [9.17, 15) is 0 Å². The van der Waals surface area contributed by atoms with Gasteiger partial charge in [0.2, 0.25) is 0 Å². The van der Waals surface area contributed by atoms with Gasteiger partial charge in [0.15, 0.2) is 0 Å². The number of hydrogen-bond acceptors (Lipinski definition) is 2. The van der Waals surface area contributed by atoms with Crippen LogP contribution in [-0.4, -0.2) is 6.04 Å². The normalized spacial score (nSPS) is 18.6. The zero-order chi connectivity index (χ0) is 11.5. The molecule has 0 aliphatic heterocycles. The zero-order valence-corrected chi connectivity index (χ0v) is 10.4. The van der Waals surface area contributed by atoms with Crippen molar-refractivity contribution in [3.8, 4) is 0 Å². The number of nitrogen functional groups attached to an aromatic ring is 1. The highest BCUT2D eigenvalue weighted by Gasteiger charge is 2.21. The Morgan fingerprint density at radius 2 is 2.06 bits per heavy atom. The number of para-hydroxylation sites is 1. The Morgan fingerprint density at radius 1 is 1.38 bits per heavy atom. The number of rotatable bonds is 3. The molecule has 0 amide bonds. The minimum Gasteiger partial charge on any atom is -0.396 e. The summed E-state index contributed by atoms with van der Waals surface area (Å²) in [6.07, 6.45) is 5.38.